The van der Waals surface area contributed by atoms with Crippen LogP contribution in [0.25, 0.3) is 0 Å². The van der Waals surface area contributed by atoms with Gasteiger partial charge in [0, 0.05) is 24.0 Å². The first kappa shape index (κ1) is 15.9. The minimum Gasteiger partial charge on any atom is -0.314 e. The molecule has 21 heavy (non-hydrogen) atoms. The van der Waals surface area contributed by atoms with E-state index in [1.165, 1.54) is 24.2 Å². The molecular weight excluding hydrogens is 372 g/mol. The van der Waals surface area contributed by atoms with Gasteiger partial charge < -0.3 is 5.32 Å². The Morgan fingerprint density at radius 3 is 2.81 bits per heavy atom. The van der Waals surface area contributed by atoms with Crippen molar-refractivity contribution in [1.29, 1.82) is 0 Å². The molecule has 0 bridgehead atoms. The minimum absolute atomic E-state index is 0.457. The third kappa shape index (κ3) is 3.22. The highest BCUT2D eigenvalue weighted by atomic mass is 79.9. The van der Waals surface area contributed by atoms with E-state index in [0.717, 1.165) is 28.0 Å². The number of nitrogens with one attached hydrogen (secondary N) is 1. The Hall–Kier alpha value is 0.0500. The number of rotatable bonds is 3. The molecule has 2 aliphatic rings. The first-order chi connectivity index (χ1) is 9.98. The fraction of sp³-hybridized carbons (Fsp3) is 0.714. The van der Waals surface area contributed by atoms with E-state index in [4.69, 9.17) is 0 Å². The smallest absolute Gasteiger partial charge is 0.244 e. The molecule has 2 atom stereocenters. The van der Waals surface area contributed by atoms with Crippen LogP contribution >= 0.6 is 27.3 Å². The van der Waals surface area contributed by atoms with Gasteiger partial charge in [-0.15, -0.1) is 11.3 Å². The maximum atomic E-state index is 12.9. The predicted molar refractivity (Wildman–Crippen MR) is 89.3 cm³/mol. The van der Waals surface area contributed by atoms with Crippen LogP contribution in [0.2, 0.25) is 0 Å². The third-order valence-corrected chi connectivity index (χ3v) is 8.22. The molecule has 2 unspecified atom stereocenters. The van der Waals surface area contributed by atoms with Crippen molar-refractivity contribution in [2.24, 2.45) is 5.92 Å². The Kier molecular flexibility index (Phi) is 4.76. The number of nitrogens with zero attached hydrogens (tertiary/aromatic N) is 1. The first-order valence-electron chi connectivity index (χ1n) is 7.48. The van der Waals surface area contributed by atoms with Crippen molar-refractivity contribution in [1.82, 2.24) is 9.62 Å². The van der Waals surface area contributed by atoms with Crippen LogP contribution in [0.4, 0.5) is 0 Å². The summed E-state index contributed by atoms with van der Waals surface area (Å²) in [5, 5.41) is 3.53. The molecule has 0 spiro atoms. The minimum atomic E-state index is -3.35. The summed E-state index contributed by atoms with van der Waals surface area (Å²) in [7, 11) is -3.35. The van der Waals surface area contributed by atoms with Crippen LogP contribution in [0.3, 0.4) is 0 Å². The average Bonchev–Trinajstić information content (AvgIpc) is 3.09. The topological polar surface area (TPSA) is 49.4 Å². The summed E-state index contributed by atoms with van der Waals surface area (Å²) >= 11 is 4.88. The monoisotopic (exact) mass is 392 g/mol. The molecule has 2 fully saturated rings. The van der Waals surface area contributed by atoms with Gasteiger partial charge in [-0.05, 0) is 67.1 Å². The Bertz CT molecular complexity index is 608. The highest BCUT2D eigenvalue weighted by Crippen LogP contribution is 2.34. The van der Waals surface area contributed by atoms with Gasteiger partial charge in [-0.25, -0.2) is 8.42 Å². The lowest BCUT2D eigenvalue weighted by Gasteiger charge is -2.35. The molecule has 3 rings (SSSR count). The van der Waals surface area contributed by atoms with Gasteiger partial charge in [0.15, 0.2) is 0 Å². The molecule has 0 aromatic carbocycles. The third-order valence-electron chi connectivity index (χ3n) is 4.55. The lowest BCUT2D eigenvalue weighted by Crippen LogP contribution is -2.45. The SMILES string of the molecule is Cc1sc(Br)cc1S(=O)(=O)N1CCCC(C2CCCN2)C1. The highest BCUT2D eigenvalue weighted by molar-refractivity contribution is 9.11. The number of hydrogen-bond donors (Lipinski definition) is 1. The first-order valence-corrected chi connectivity index (χ1v) is 10.5. The van der Waals surface area contributed by atoms with E-state index in [1.807, 2.05) is 6.92 Å². The molecule has 0 amide bonds. The van der Waals surface area contributed by atoms with Crippen LogP contribution in [0.5, 0.6) is 0 Å². The zero-order valence-corrected chi connectivity index (χ0v) is 15.4. The largest absolute Gasteiger partial charge is 0.314 e. The molecule has 2 saturated heterocycles. The summed E-state index contributed by atoms with van der Waals surface area (Å²) in [6.45, 7) is 4.26. The van der Waals surface area contributed by atoms with Crippen molar-refractivity contribution < 1.29 is 8.42 Å². The molecule has 118 valence electrons. The number of thiophene rings is 1. The molecule has 1 N–H and O–H groups in total. The molecule has 1 aromatic rings. The van der Waals surface area contributed by atoms with Crippen LogP contribution in [0.15, 0.2) is 14.7 Å². The number of piperidine rings is 1. The van der Waals surface area contributed by atoms with Crippen LogP contribution in [0.1, 0.15) is 30.6 Å². The number of sulfonamides is 1. The summed E-state index contributed by atoms with van der Waals surface area (Å²) < 4.78 is 28.3. The Morgan fingerprint density at radius 2 is 2.19 bits per heavy atom. The van der Waals surface area contributed by atoms with Crippen molar-refractivity contribution in [2.75, 3.05) is 19.6 Å². The van der Waals surface area contributed by atoms with Gasteiger partial charge in [0.25, 0.3) is 0 Å². The summed E-state index contributed by atoms with van der Waals surface area (Å²) in [5.74, 6) is 0.457. The van der Waals surface area contributed by atoms with Gasteiger partial charge in [0.05, 0.1) is 8.68 Å². The lowest BCUT2D eigenvalue weighted by molar-refractivity contribution is 0.226. The van der Waals surface area contributed by atoms with Crippen molar-refractivity contribution in [2.45, 2.75) is 43.5 Å². The second kappa shape index (κ2) is 6.28. The molecule has 0 aliphatic carbocycles. The molecule has 0 saturated carbocycles. The fourth-order valence-corrected chi connectivity index (χ4v) is 7.38. The second-order valence-electron chi connectivity index (χ2n) is 5.94. The Morgan fingerprint density at radius 1 is 1.38 bits per heavy atom. The van der Waals surface area contributed by atoms with Gasteiger partial charge in [-0.3, -0.25) is 0 Å². The van der Waals surface area contributed by atoms with Crippen molar-refractivity contribution in [3.05, 3.63) is 14.7 Å². The summed E-state index contributed by atoms with van der Waals surface area (Å²) in [6, 6.07) is 2.24. The lowest BCUT2D eigenvalue weighted by atomic mass is 9.91. The Balaban J connectivity index is 1.80. The van der Waals surface area contributed by atoms with E-state index in [9.17, 15) is 8.42 Å². The van der Waals surface area contributed by atoms with Gasteiger partial charge in [-0.1, -0.05) is 0 Å². The summed E-state index contributed by atoms with van der Waals surface area (Å²) in [4.78, 5) is 1.34. The van der Waals surface area contributed by atoms with Crippen LogP contribution in [-0.4, -0.2) is 38.4 Å². The van der Waals surface area contributed by atoms with Crippen molar-refractivity contribution >= 4 is 37.3 Å². The summed E-state index contributed by atoms with van der Waals surface area (Å²) in [6.07, 6.45) is 4.49. The van der Waals surface area contributed by atoms with Gasteiger partial charge in [0.2, 0.25) is 10.0 Å². The zero-order valence-electron chi connectivity index (χ0n) is 12.1. The van der Waals surface area contributed by atoms with Gasteiger partial charge >= 0.3 is 0 Å². The standard InChI is InChI=1S/C14H21BrN2O2S2/c1-10-13(8-14(15)20-10)21(18,19)17-7-3-4-11(9-17)12-5-2-6-16-12/h8,11-12,16H,2-7,9H2,1H3. The summed E-state index contributed by atoms with van der Waals surface area (Å²) in [5.41, 5.74) is 0. The van der Waals surface area contributed by atoms with Crippen LogP contribution < -0.4 is 5.32 Å². The van der Waals surface area contributed by atoms with Crippen LogP contribution in [0, 0.1) is 12.8 Å². The zero-order chi connectivity index (χ0) is 15.0. The average molecular weight is 393 g/mol. The normalized spacial score (nSPS) is 28.1. The van der Waals surface area contributed by atoms with Gasteiger partial charge in [0.1, 0.15) is 0 Å². The van der Waals surface area contributed by atoms with E-state index in [-0.39, 0.29) is 0 Å². The van der Waals surface area contributed by atoms with Crippen molar-refractivity contribution in [3.63, 3.8) is 0 Å². The highest BCUT2D eigenvalue weighted by Gasteiger charge is 2.35. The van der Waals surface area contributed by atoms with E-state index in [0.29, 0.717) is 29.9 Å². The second-order valence-corrected chi connectivity index (χ2v) is 10.5. The molecule has 7 heteroatoms. The maximum absolute atomic E-state index is 12.9. The molecule has 0 radical (unpaired) electrons. The van der Waals surface area contributed by atoms with E-state index >= 15 is 0 Å². The molecule has 4 nitrogen and oxygen atoms in total. The van der Waals surface area contributed by atoms with E-state index < -0.39 is 10.0 Å². The molecular formula is C14H21BrN2O2S2. The quantitative estimate of drug-likeness (QED) is 0.859. The van der Waals surface area contributed by atoms with Gasteiger partial charge in [-0.2, -0.15) is 4.31 Å². The van der Waals surface area contributed by atoms with E-state index in [1.54, 1.807) is 10.4 Å². The molecule has 2 aliphatic heterocycles. The van der Waals surface area contributed by atoms with Crippen molar-refractivity contribution in [3.8, 4) is 0 Å². The van der Waals surface area contributed by atoms with Crippen LogP contribution in [-0.2, 0) is 10.0 Å². The molecule has 3 heterocycles. The number of hydrogen-bond acceptors (Lipinski definition) is 4. The number of aryl methyl sites for hydroxylation is 1. The Labute approximate surface area is 139 Å². The maximum Gasteiger partial charge on any atom is 0.244 e. The molecule has 1 aromatic heterocycles. The number of halogens is 1. The predicted octanol–water partition coefficient (Wildman–Crippen LogP) is 2.97. The van der Waals surface area contributed by atoms with E-state index in [2.05, 4.69) is 21.2 Å². The fourth-order valence-electron chi connectivity index (χ4n) is 3.46.